The van der Waals surface area contributed by atoms with Crippen molar-refractivity contribution in [3.05, 3.63) is 71.8 Å². The normalized spacial score (nSPS) is 16.6. The van der Waals surface area contributed by atoms with E-state index in [1.807, 2.05) is 0 Å². The fraction of sp³-hybridized carbons (Fsp3) is 0.562. The average Bonchev–Trinajstić information content (AvgIpc) is 1.69. The van der Waals surface area contributed by atoms with Crippen molar-refractivity contribution in [2.45, 2.75) is 178 Å². The van der Waals surface area contributed by atoms with Gasteiger partial charge in [-0.1, -0.05) is 67.1 Å². The Kier molecular flexibility index (Phi) is 42.2. The number of carbonyl (C=O) groups excluding carboxylic acids is 9. The smallest absolute Gasteiger partial charge is 0.326 e. The molecule has 9 amide bonds. The number of amides is 9. The minimum atomic E-state index is -1.61. The SMILES string of the molecule is CC(=O)O.CC(=O)O.CC(=O)O.CC(=O)O.NCCCC[C@H](N)C(=O)N[C@@H](CCCN=C(N)N)C(=O)N1CCC[C@H]1C(=O)N1CCC[C@H]1C(=O)NCC(=O)N[C@@H](Cc1ccccc1)C(=O)N[C@@H](CO)C(=O)N1CCC[C@H]1C(=O)N[C@@H](Cc1ccccc1)C(=O)N[C@@H](CCCN=C(N)N)C(=O)O. The molecule has 3 saturated heterocycles. The molecule has 5 rings (SSSR count). The number of carbonyl (C=O) groups is 14. The predicted octanol–water partition coefficient (Wildman–Crippen LogP) is -4.01. The fourth-order valence-corrected chi connectivity index (χ4v) is 10.6. The Morgan fingerprint density at radius 2 is 0.881 bits per heavy atom. The summed E-state index contributed by atoms with van der Waals surface area (Å²) in [5, 5.41) is 65.8. The van der Waals surface area contributed by atoms with Crippen LogP contribution in [0.1, 0.15) is 122 Å². The number of carboxylic acid groups (broad SMARTS) is 5. The molecule has 562 valence electrons. The number of nitrogens with one attached hydrogen (secondary N) is 6. The molecule has 24 N–H and O–H groups in total. The number of aliphatic imine (C=N–C) groups is 2. The Labute approximate surface area is 584 Å². The van der Waals surface area contributed by atoms with Crippen molar-refractivity contribution in [1.29, 1.82) is 0 Å². The zero-order chi connectivity index (χ0) is 76.3. The molecule has 37 nitrogen and oxygen atoms in total. The van der Waals surface area contributed by atoms with Crippen LogP contribution in [0.3, 0.4) is 0 Å². The molecular weight excluding hydrogens is 1330 g/mol. The second-order valence-corrected chi connectivity index (χ2v) is 23.4. The van der Waals surface area contributed by atoms with E-state index in [1.165, 1.54) is 14.7 Å². The molecule has 0 bridgehead atoms. The molecule has 0 unspecified atom stereocenters. The van der Waals surface area contributed by atoms with Gasteiger partial charge in [0.05, 0.1) is 19.2 Å². The summed E-state index contributed by atoms with van der Waals surface area (Å²) >= 11 is 0. The third kappa shape index (κ3) is 36.2. The Balaban J connectivity index is 0.00000287. The molecule has 3 fully saturated rings. The van der Waals surface area contributed by atoms with Gasteiger partial charge in [-0.3, -0.25) is 72.3 Å². The molecular formula is C64H101N17O20. The van der Waals surface area contributed by atoms with E-state index in [-0.39, 0.29) is 89.6 Å². The first kappa shape index (κ1) is 88.5. The van der Waals surface area contributed by atoms with Crippen LogP contribution in [0.15, 0.2) is 70.6 Å². The number of hydrogen-bond acceptors (Lipinski definition) is 19. The van der Waals surface area contributed by atoms with Gasteiger partial charge in [-0.25, -0.2) is 4.79 Å². The summed E-state index contributed by atoms with van der Waals surface area (Å²) in [6.45, 7) is 3.96. The van der Waals surface area contributed by atoms with Crippen LogP contribution in [0, 0.1) is 0 Å². The Morgan fingerprint density at radius 3 is 1.33 bits per heavy atom. The summed E-state index contributed by atoms with van der Waals surface area (Å²) in [6.07, 6.45) is 4.09. The Hall–Kier alpha value is -10.6. The molecule has 3 heterocycles. The lowest BCUT2D eigenvalue weighted by atomic mass is 10.0. The van der Waals surface area contributed by atoms with Gasteiger partial charge >= 0.3 is 5.97 Å². The van der Waals surface area contributed by atoms with Crippen molar-refractivity contribution in [3.8, 4) is 0 Å². The van der Waals surface area contributed by atoms with Crippen LogP contribution in [0.25, 0.3) is 0 Å². The second-order valence-electron chi connectivity index (χ2n) is 23.4. The van der Waals surface area contributed by atoms with Crippen LogP contribution in [0.2, 0.25) is 0 Å². The van der Waals surface area contributed by atoms with Crippen molar-refractivity contribution < 1.29 is 97.8 Å². The van der Waals surface area contributed by atoms with E-state index < -0.39 is 151 Å². The van der Waals surface area contributed by atoms with E-state index in [0.717, 1.165) is 27.7 Å². The molecule has 9 atom stereocenters. The quantitative estimate of drug-likeness (QED) is 0.0184. The maximum Gasteiger partial charge on any atom is 0.326 e. The third-order valence-electron chi connectivity index (χ3n) is 15.0. The summed E-state index contributed by atoms with van der Waals surface area (Å²) in [5.41, 5.74) is 34.7. The zero-order valence-electron chi connectivity index (χ0n) is 57.3. The van der Waals surface area contributed by atoms with Crippen LogP contribution in [-0.2, 0) is 80.0 Å². The van der Waals surface area contributed by atoms with Gasteiger partial charge < -0.3 is 112 Å². The highest BCUT2D eigenvalue weighted by Crippen LogP contribution is 2.27. The highest BCUT2D eigenvalue weighted by molar-refractivity contribution is 5.99. The fourth-order valence-electron chi connectivity index (χ4n) is 10.6. The van der Waals surface area contributed by atoms with Crippen molar-refractivity contribution in [2.24, 2.45) is 44.4 Å². The summed E-state index contributed by atoms with van der Waals surface area (Å²) < 4.78 is 0. The number of likely N-dealkylation sites (tertiary alicyclic amines) is 3. The van der Waals surface area contributed by atoms with Gasteiger partial charge in [-0.2, -0.15) is 0 Å². The summed E-state index contributed by atoms with van der Waals surface area (Å²) in [7, 11) is 0. The van der Waals surface area contributed by atoms with E-state index in [0.29, 0.717) is 69.0 Å². The van der Waals surface area contributed by atoms with Crippen LogP contribution in [0.4, 0.5) is 0 Å². The molecule has 0 radical (unpaired) electrons. The van der Waals surface area contributed by atoms with Crippen LogP contribution < -0.4 is 66.3 Å². The monoisotopic (exact) mass is 1430 g/mol. The minimum absolute atomic E-state index is 0.0304. The van der Waals surface area contributed by atoms with Crippen LogP contribution in [0.5, 0.6) is 0 Å². The number of unbranched alkanes of at least 4 members (excludes halogenated alkanes) is 1. The lowest BCUT2D eigenvalue weighted by Gasteiger charge is -2.33. The molecule has 3 aliphatic rings. The number of aliphatic hydroxyl groups is 1. The topological polar surface area (TPSA) is 623 Å². The third-order valence-corrected chi connectivity index (χ3v) is 15.0. The van der Waals surface area contributed by atoms with Gasteiger partial charge in [-0.15, -0.1) is 0 Å². The number of carboxylic acids is 5. The largest absolute Gasteiger partial charge is 0.481 e. The number of nitrogens with zero attached hydrogens (tertiary/aromatic N) is 5. The molecule has 0 aliphatic carbocycles. The number of guanidine groups is 2. The highest BCUT2D eigenvalue weighted by Gasteiger charge is 2.45. The van der Waals surface area contributed by atoms with Crippen molar-refractivity contribution in [2.75, 3.05) is 52.4 Å². The minimum Gasteiger partial charge on any atom is -0.481 e. The van der Waals surface area contributed by atoms with Crippen molar-refractivity contribution in [1.82, 2.24) is 46.6 Å². The van der Waals surface area contributed by atoms with Gasteiger partial charge in [0.1, 0.15) is 48.3 Å². The first-order valence-corrected chi connectivity index (χ1v) is 32.6. The molecule has 2 aromatic carbocycles. The first-order valence-electron chi connectivity index (χ1n) is 32.6. The van der Waals surface area contributed by atoms with E-state index >= 15 is 0 Å². The average molecular weight is 1430 g/mol. The van der Waals surface area contributed by atoms with E-state index in [2.05, 4.69) is 41.9 Å². The Morgan fingerprint density at radius 1 is 0.485 bits per heavy atom. The van der Waals surface area contributed by atoms with Crippen LogP contribution in [-0.4, -0.2) is 247 Å². The number of aliphatic carboxylic acids is 5. The standard InChI is InChI=1S/C56H85N17O12.4C2H4O2/c57-24-8-7-18-36(58)46(76)67-37(19-9-25-63-55(59)60)51(81)73-29-13-23-44(73)53(83)72-28-11-21-42(72)49(79)65-32-45(75)66-39(30-34-14-3-1-4-15-34)47(77)70-41(33-74)52(82)71-27-12-22-43(71)50(80)69-40(31-35-16-5-2-6-17-35)48(78)68-38(54(84)85)20-10-26-64-56(61)62;4*1-2(3)4/h1-6,14-17,36-44,74H,7-13,18-33,57-58H2,(H,65,79)(H,66,75)(H,67,76)(H,68,78)(H,69,80)(H,70,77)(H,84,85)(H4,59,60,63)(H4,61,62,64);4*1H3,(H,3,4)/t36-,37-,38-,39-,40-,41-,42-,43-,44-;;;;/m0..../s1. The van der Waals surface area contributed by atoms with Gasteiger partial charge in [0.15, 0.2) is 11.9 Å². The lowest BCUT2D eigenvalue weighted by Crippen LogP contribution is -2.60. The highest BCUT2D eigenvalue weighted by atomic mass is 16.4. The molecule has 0 spiro atoms. The second kappa shape index (κ2) is 48.2. The van der Waals surface area contributed by atoms with Crippen molar-refractivity contribution >= 4 is 94.9 Å². The van der Waals surface area contributed by atoms with Gasteiger partial charge in [0.2, 0.25) is 53.2 Å². The predicted molar refractivity (Wildman–Crippen MR) is 366 cm³/mol. The summed E-state index contributed by atoms with van der Waals surface area (Å²) in [4.78, 5) is 186. The number of nitrogens with two attached hydrogens (primary N) is 6. The number of rotatable bonds is 33. The lowest BCUT2D eigenvalue weighted by molar-refractivity contribution is -0.148. The maximum absolute atomic E-state index is 14.3. The molecule has 101 heavy (non-hydrogen) atoms. The van der Waals surface area contributed by atoms with Crippen LogP contribution >= 0.6 is 0 Å². The molecule has 37 heteroatoms. The summed E-state index contributed by atoms with van der Waals surface area (Å²) in [5.74, 6) is -11.2. The van der Waals surface area contributed by atoms with E-state index in [1.54, 1.807) is 60.7 Å². The Bertz CT molecular complexity index is 3040. The summed E-state index contributed by atoms with van der Waals surface area (Å²) in [6, 6.07) is 6.55. The molecule has 0 aromatic heterocycles. The molecule has 0 saturated carbocycles. The number of benzene rings is 2. The van der Waals surface area contributed by atoms with Gasteiger partial charge in [-0.05, 0) is 94.7 Å². The first-order chi connectivity index (χ1) is 47.6. The van der Waals surface area contributed by atoms with E-state index in [4.69, 9.17) is 74.0 Å². The molecule has 3 aliphatic heterocycles. The maximum atomic E-state index is 14.3. The van der Waals surface area contributed by atoms with Gasteiger partial charge in [0.25, 0.3) is 23.9 Å². The number of hydrogen-bond donors (Lipinski definition) is 18. The zero-order valence-corrected chi connectivity index (χ0v) is 57.3. The van der Waals surface area contributed by atoms with Gasteiger partial charge in [0, 0.05) is 73.3 Å². The van der Waals surface area contributed by atoms with E-state index in [9.17, 15) is 58.2 Å². The number of aliphatic hydroxyl groups excluding tert-OH is 1. The van der Waals surface area contributed by atoms with Crippen molar-refractivity contribution in [3.63, 3.8) is 0 Å². The molecule has 2 aromatic rings.